The fourth-order valence-corrected chi connectivity index (χ4v) is 2.56. The second-order valence-corrected chi connectivity index (χ2v) is 5.05. The quantitative estimate of drug-likeness (QED) is 0.777. The molecule has 2 N–H and O–H groups in total. The maximum atomic E-state index is 12.5. The van der Waals surface area contributed by atoms with E-state index in [2.05, 4.69) is 15.3 Å². The van der Waals surface area contributed by atoms with E-state index in [0.29, 0.717) is 12.1 Å². The molecule has 0 atom stereocenters. The number of aryl methyl sites for hydroxylation is 1. The minimum Gasteiger partial charge on any atom is -0.495 e. The number of H-pyrrole nitrogens is 1. The van der Waals surface area contributed by atoms with Gasteiger partial charge in [-0.05, 0) is 24.6 Å². The number of para-hydroxylation sites is 1. The lowest BCUT2D eigenvalue weighted by molar-refractivity contribution is 0.0952. The zero-order valence-electron chi connectivity index (χ0n) is 12.5. The summed E-state index contributed by atoms with van der Waals surface area (Å²) >= 11 is 0. The van der Waals surface area contributed by atoms with Gasteiger partial charge in [-0.2, -0.15) is 0 Å². The van der Waals surface area contributed by atoms with Crippen LogP contribution in [0.5, 0.6) is 5.75 Å². The molecule has 2 aromatic heterocycles. The highest BCUT2D eigenvalue weighted by Crippen LogP contribution is 2.29. The van der Waals surface area contributed by atoms with Crippen LogP contribution in [0.2, 0.25) is 0 Å². The van der Waals surface area contributed by atoms with Crippen molar-refractivity contribution in [2.24, 2.45) is 0 Å². The number of carbonyl (C=O) groups is 1. The summed E-state index contributed by atoms with van der Waals surface area (Å²) in [5.74, 6) is 0.618. The third-order valence-electron chi connectivity index (χ3n) is 3.61. The second-order valence-electron chi connectivity index (χ2n) is 5.05. The van der Waals surface area contributed by atoms with E-state index in [-0.39, 0.29) is 5.91 Å². The van der Waals surface area contributed by atoms with Gasteiger partial charge in [0.2, 0.25) is 0 Å². The average molecular weight is 295 g/mol. The molecule has 0 spiro atoms. The van der Waals surface area contributed by atoms with Gasteiger partial charge in [0.15, 0.2) is 0 Å². The Morgan fingerprint density at radius 3 is 2.91 bits per heavy atom. The van der Waals surface area contributed by atoms with E-state index in [4.69, 9.17) is 4.74 Å². The smallest absolute Gasteiger partial charge is 0.253 e. The number of carbonyl (C=O) groups excluding carboxylic acids is 1. The molecule has 2 heterocycles. The van der Waals surface area contributed by atoms with Crippen LogP contribution >= 0.6 is 0 Å². The number of benzene rings is 1. The molecule has 1 amide bonds. The Kier molecular flexibility index (Phi) is 3.78. The first-order valence-electron chi connectivity index (χ1n) is 7.03. The van der Waals surface area contributed by atoms with Crippen LogP contribution in [0.3, 0.4) is 0 Å². The van der Waals surface area contributed by atoms with Crippen LogP contribution in [0.25, 0.3) is 10.9 Å². The minimum absolute atomic E-state index is 0.110. The molecule has 1 aromatic carbocycles. The van der Waals surface area contributed by atoms with Crippen molar-refractivity contribution in [1.29, 1.82) is 0 Å². The summed E-state index contributed by atoms with van der Waals surface area (Å²) in [5, 5.41) is 3.79. The van der Waals surface area contributed by atoms with E-state index in [9.17, 15) is 4.79 Å². The molecule has 0 saturated carbocycles. The monoisotopic (exact) mass is 295 g/mol. The Balaban J connectivity index is 1.89. The topological polar surface area (TPSA) is 67.0 Å². The highest BCUT2D eigenvalue weighted by Gasteiger charge is 2.17. The molecule has 0 radical (unpaired) electrons. The molecule has 0 saturated heterocycles. The summed E-state index contributed by atoms with van der Waals surface area (Å²) in [6.07, 6.45) is 3.45. The normalized spacial score (nSPS) is 10.6. The molecule has 112 valence electrons. The van der Waals surface area contributed by atoms with Crippen molar-refractivity contribution >= 4 is 16.8 Å². The van der Waals surface area contributed by atoms with Crippen molar-refractivity contribution in [3.8, 4) is 5.75 Å². The van der Waals surface area contributed by atoms with Crippen molar-refractivity contribution < 1.29 is 9.53 Å². The van der Waals surface area contributed by atoms with Crippen molar-refractivity contribution in [2.75, 3.05) is 7.11 Å². The standard InChI is InChI=1S/C17H17N3O2/c1-11-15(13-6-3-7-14(22-2)16(13)20-11)17(21)19-10-12-5-4-8-18-9-12/h3-9,20H,10H2,1-2H3,(H,19,21). The number of rotatable bonds is 4. The zero-order valence-corrected chi connectivity index (χ0v) is 12.5. The minimum atomic E-state index is -0.110. The first-order chi connectivity index (χ1) is 10.7. The number of hydrogen-bond acceptors (Lipinski definition) is 3. The van der Waals surface area contributed by atoms with Crippen LogP contribution in [-0.2, 0) is 6.54 Å². The second kappa shape index (κ2) is 5.89. The number of aromatic nitrogens is 2. The largest absolute Gasteiger partial charge is 0.495 e. The van der Waals surface area contributed by atoms with Crippen LogP contribution in [0.15, 0.2) is 42.7 Å². The average Bonchev–Trinajstić information content (AvgIpc) is 2.89. The number of amides is 1. The number of fused-ring (bicyclic) bond motifs is 1. The molecule has 0 aliphatic heterocycles. The van der Waals surface area contributed by atoms with E-state index in [1.807, 2.05) is 37.3 Å². The van der Waals surface area contributed by atoms with Crippen LogP contribution in [0.4, 0.5) is 0 Å². The first kappa shape index (κ1) is 14.1. The fourth-order valence-electron chi connectivity index (χ4n) is 2.56. The van der Waals surface area contributed by atoms with Gasteiger partial charge in [0, 0.05) is 30.0 Å². The Morgan fingerprint density at radius 2 is 2.18 bits per heavy atom. The molecule has 0 unspecified atom stereocenters. The molecule has 0 bridgehead atoms. The SMILES string of the molecule is COc1cccc2c(C(=O)NCc3cccnc3)c(C)[nH]c12. The predicted octanol–water partition coefficient (Wildman–Crippen LogP) is 2.81. The number of ether oxygens (including phenoxy) is 1. The van der Waals surface area contributed by atoms with Crippen LogP contribution in [-0.4, -0.2) is 23.0 Å². The summed E-state index contributed by atoms with van der Waals surface area (Å²) in [5.41, 5.74) is 3.28. The van der Waals surface area contributed by atoms with Gasteiger partial charge >= 0.3 is 0 Å². The van der Waals surface area contributed by atoms with E-state index in [0.717, 1.165) is 27.9 Å². The lowest BCUT2D eigenvalue weighted by Gasteiger charge is -2.05. The molecule has 3 rings (SSSR count). The number of hydrogen-bond donors (Lipinski definition) is 2. The van der Waals surface area contributed by atoms with Gasteiger partial charge in [0.1, 0.15) is 5.75 Å². The van der Waals surface area contributed by atoms with Gasteiger partial charge in [-0.25, -0.2) is 0 Å². The Hall–Kier alpha value is -2.82. The molecule has 5 nitrogen and oxygen atoms in total. The molecular formula is C17H17N3O2. The Morgan fingerprint density at radius 1 is 1.32 bits per heavy atom. The molecule has 0 aliphatic rings. The summed E-state index contributed by atoms with van der Waals surface area (Å²) < 4.78 is 5.33. The zero-order chi connectivity index (χ0) is 15.5. The molecule has 3 aromatic rings. The van der Waals surface area contributed by atoms with E-state index in [1.54, 1.807) is 19.5 Å². The molecule has 0 aliphatic carbocycles. The molecule has 0 fully saturated rings. The fraction of sp³-hybridized carbons (Fsp3) is 0.176. The summed E-state index contributed by atoms with van der Waals surface area (Å²) in [7, 11) is 1.62. The van der Waals surface area contributed by atoms with Crippen LogP contribution < -0.4 is 10.1 Å². The van der Waals surface area contributed by atoms with Crippen molar-refractivity contribution in [3.63, 3.8) is 0 Å². The summed E-state index contributed by atoms with van der Waals surface area (Å²) in [4.78, 5) is 19.8. The van der Waals surface area contributed by atoms with Gasteiger partial charge in [0.25, 0.3) is 5.91 Å². The number of nitrogens with zero attached hydrogens (tertiary/aromatic N) is 1. The maximum absolute atomic E-state index is 12.5. The van der Waals surface area contributed by atoms with Gasteiger partial charge in [-0.1, -0.05) is 18.2 Å². The number of pyridine rings is 1. The Bertz CT molecular complexity index is 809. The molecule has 5 heteroatoms. The summed E-state index contributed by atoms with van der Waals surface area (Å²) in [6, 6.07) is 9.45. The lowest BCUT2D eigenvalue weighted by Crippen LogP contribution is -2.23. The van der Waals surface area contributed by atoms with Gasteiger partial charge in [-0.3, -0.25) is 9.78 Å². The highest BCUT2D eigenvalue weighted by molar-refractivity contribution is 6.09. The van der Waals surface area contributed by atoms with E-state index in [1.165, 1.54) is 0 Å². The van der Waals surface area contributed by atoms with Crippen molar-refractivity contribution in [2.45, 2.75) is 13.5 Å². The Labute approximate surface area is 128 Å². The lowest BCUT2D eigenvalue weighted by atomic mass is 10.1. The number of methoxy groups -OCH3 is 1. The predicted molar refractivity (Wildman–Crippen MR) is 85.0 cm³/mol. The third kappa shape index (κ3) is 2.53. The van der Waals surface area contributed by atoms with Gasteiger partial charge < -0.3 is 15.0 Å². The number of nitrogens with one attached hydrogen (secondary N) is 2. The van der Waals surface area contributed by atoms with E-state index >= 15 is 0 Å². The number of aromatic amines is 1. The highest BCUT2D eigenvalue weighted by atomic mass is 16.5. The molecule has 22 heavy (non-hydrogen) atoms. The van der Waals surface area contributed by atoms with Crippen LogP contribution in [0.1, 0.15) is 21.6 Å². The molecular weight excluding hydrogens is 278 g/mol. The van der Waals surface area contributed by atoms with Crippen molar-refractivity contribution in [3.05, 3.63) is 59.5 Å². The third-order valence-corrected chi connectivity index (χ3v) is 3.61. The van der Waals surface area contributed by atoms with Gasteiger partial charge in [-0.15, -0.1) is 0 Å². The van der Waals surface area contributed by atoms with Gasteiger partial charge in [0.05, 0.1) is 18.2 Å². The first-order valence-corrected chi connectivity index (χ1v) is 7.03. The van der Waals surface area contributed by atoms with Crippen molar-refractivity contribution in [1.82, 2.24) is 15.3 Å². The summed E-state index contributed by atoms with van der Waals surface area (Å²) in [6.45, 7) is 2.33. The maximum Gasteiger partial charge on any atom is 0.253 e. The van der Waals surface area contributed by atoms with E-state index < -0.39 is 0 Å². The van der Waals surface area contributed by atoms with Crippen LogP contribution in [0, 0.1) is 6.92 Å².